The van der Waals surface area contributed by atoms with Crippen LogP contribution in [-0.4, -0.2) is 46.8 Å². The summed E-state index contributed by atoms with van der Waals surface area (Å²) in [6.45, 7) is 9.95. The van der Waals surface area contributed by atoms with E-state index in [-0.39, 0.29) is 18.2 Å². The molecule has 0 saturated carbocycles. The average molecular weight is 770 g/mol. The van der Waals surface area contributed by atoms with Crippen molar-refractivity contribution in [1.29, 1.82) is 0 Å². The second-order valence-corrected chi connectivity index (χ2v) is 14.5. The first kappa shape index (κ1) is 36.7. The molecule has 2 N–H and O–H groups in total. The van der Waals surface area contributed by atoms with Crippen LogP contribution >= 0.6 is 38.6 Å². The highest BCUT2D eigenvalue weighted by atomic mass is 79.9. The van der Waals surface area contributed by atoms with Crippen molar-refractivity contribution in [3.05, 3.63) is 119 Å². The summed E-state index contributed by atoms with van der Waals surface area (Å²) in [6, 6.07) is 8.70. The van der Waals surface area contributed by atoms with E-state index in [4.69, 9.17) is 9.68 Å². The third-order valence-corrected chi connectivity index (χ3v) is 10.4. The number of hydrogen-bond donors (Lipinski definition) is 2. The summed E-state index contributed by atoms with van der Waals surface area (Å²) in [6.07, 6.45) is 9.53. The van der Waals surface area contributed by atoms with Gasteiger partial charge in [0, 0.05) is 53.6 Å². The van der Waals surface area contributed by atoms with Crippen LogP contribution in [0.2, 0.25) is 0 Å². The highest BCUT2D eigenvalue weighted by Gasteiger charge is 2.27. The van der Waals surface area contributed by atoms with Crippen LogP contribution in [0.25, 0.3) is 11.3 Å². The number of fused-ring (bicyclic) bond motifs is 1. The van der Waals surface area contributed by atoms with Gasteiger partial charge in [-0.3, -0.25) is 9.36 Å². The van der Waals surface area contributed by atoms with E-state index in [1.165, 1.54) is 34.7 Å². The number of aliphatic hydroxyl groups is 1. The minimum atomic E-state index is -0.870. The number of aliphatic hydroxyl groups excluding tert-OH is 1. The largest absolute Gasteiger partial charge is 0.491 e. The molecule has 49 heavy (non-hydrogen) atoms. The summed E-state index contributed by atoms with van der Waals surface area (Å²) in [7, 11) is -0.870. The predicted octanol–water partition coefficient (Wildman–Crippen LogP) is 6.62. The van der Waals surface area contributed by atoms with Gasteiger partial charge < -0.3 is 14.8 Å². The second-order valence-electron chi connectivity index (χ2n) is 11.2. The van der Waals surface area contributed by atoms with Gasteiger partial charge in [-0.05, 0) is 102 Å². The zero-order valence-corrected chi connectivity index (χ0v) is 30.7. The van der Waals surface area contributed by atoms with E-state index in [2.05, 4.69) is 49.2 Å². The monoisotopic (exact) mass is 768 g/mol. The second kappa shape index (κ2) is 16.9. The highest BCUT2D eigenvalue weighted by Crippen LogP contribution is 2.33. The van der Waals surface area contributed by atoms with Crippen LogP contribution in [0.1, 0.15) is 55.9 Å². The Bertz CT molecular complexity index is 2010. The summed E-state index contributed by atoms with van der Waals surface area (Å²) >= 11 is 6.82. The Labute approximate surface area is 300 Å². The number of thiazole rings is 2. The van der Waals surface area contributed by atoms with Crippen LogP contribution in [0.15, 0.2) is 65.8 Å². The third-order valence-electron chi connectivity index (χ3n) is 7.57. The van der Waals surface area contributed by atoms with E-state index in [1.54, 1.807) is 34.8 Å². The van der Waals surface area contributed by atoms with Crippen molar-refractivity contribution in [2.45, 2.75) is 66.8 Å². The molecule has 0 radical (unpaired) electrons. The van der Waals surface area contributed by atoms with Crippen molar-refractivity contribution in [3.8, 4) is 11.3 Å². The van der Waals surface area contributed by atoms with Crippen molar-refractivity contribution in [2.75, 3.05) is 0 Å². The van der Waals surface area contributed by atoms with Gasteiger partial charge >= 0.3 is 7.12 Å². The van der Waals surface area contributed by atoms with E-state index in [0.29, 0.717) is 17.6 Å². The Kier molecular flexibility index (Phi) is 12.6. The molecule has 0 saturated heterocycles. The van der Waals surface area contributed by atoms with E-state index in [0.717, 1.165) is 67.8 Å². The number of halogens is 3. The lowest BCUT2D eigenvalue weighted by atomic mass is 9.80. The molecule has 0 fully saturated rings. The number of aryl methyl sites for hydroxylation is 4. The highest BCUT2D eigenvalue weighted by molar-refractivity contribution is 9.10. The molecule has 0 bridgehead atoms. The van der Waals surface area contributed by atoms with Crippen molar-refractivity contribution < 1.29 is 23.6 Å². The normalized spacial score (nSPS) is 12.0. The van der Waals surface area contributed by atoms with Gasteiger partial charge in [0.05, 0.1) is 41.3 Å². The van der Waals surface area contributed by atoms with Crippen LogP contribution in [0.4, 0.5) is 8.78 Å². The fourth-order valence-corrected chi connectivity index (χ4v) is 7.80. The number of benzene rings is 2. The number of hydrogen-bond acceptors (Lipinski definition) is 9. The molecule has 15 heteroatoms. The van der Waals surface area contributed by atoms with Crippen LogP contribution in [0, 0.1) is 25.5 Å². The standard InChI is InChI=1S/C17H18FN3OS.C10H12BrN3S.C7H6BFO2/c1-3-21-9-12(8-19-21)6-16-17(20-11(2)23-16)15-5-4-14(18)7-13(15)10-22;1-3-14-6-8(5-12-14)4-9-10(11)13-7(2)15-9;9-6-1-2-7-5(3-6)4-11-8(7)10/h4-5,7-9,22H,3,6,10H2,1-2H3;5-6H,3-4H2,1-2H3;1-3,10H,4H2. The maximum Gasteiger partial charge on any atom is 0.491 e. The maximum absolute atomic E-state index is 13.4. The van der Waals surface area contributed by atoms with Gasteiger partial charge in [0.25, 0.3) is 0 Å². The molecule has 0 spiro atoms. The summed E-state index contributed by atoms with van der Waals surface area (Å²) in [4.78, 5) is 11.3. The SMILES string of the molecule is CCn1cc(Cc2sc(C)nc2-c2ccc(F)cc2CO)cn1.CCn1cc(Cc2sc(C)nc2Br)cn1.OB1OCc2cc(F)ccc21. The van der Waals surface area contributed by atoms with Gasteiger partial charge in [-0.2, -0.15) is 10.2 Å². The van der Waals surface area contributed by atoms with Crippen molar-refractivity contribution in [3.63, 3.8) is 0 Å². The lowest BCUT2D eigenvalue weighted by Crippen LogP contribution is -2.27. The number of rotatable bonds is 8. The first-order chi connectivity index (χ1) is 23.6. The lowest BCUT2D eigenvalue weighted by molar-refractivity contribution is 0.275. The first-order valence-corrected chi connectivity index (χ1v) is 18.1. The smallest absolute Gasteiger partial charge is 0.423 e. The molecule has 6 aromatic rings. The van der Waals surface area contributed by atoms with Crippen molar-refractivity contribution in [2.24, 2.45) is 0 Å². The van der Waals surface area contributed by atoms with Crippen molar-refractivity contribution >= 4 is 51.2 Å². The van der Waals surface area contributed by atoms with Gasteiger partial charge in [0.1, 0.15) is 16.2 Å². The molecule has 2 aromatic carbocycles. The molecule has 1 aliphatic rings. The van der Waals surface area contributed by atoms with E-state index in [1.807, 2.05) is 48.7 Å². The Balaban J connectivity index is 0.000000154. The minimum absolute atomic E-state index is 0.211. The lowest BCUT2D eigenvalue weighted by Gasteiger charge is -2.07. The van der Waals surface area contributed by atoms with Gasteiger partial charge in [-0.25, -0.2) is 18.7 Å². The molecule has 1 aliphatic heterocycles. The molecule has 5 heterocycles. The molecule has 9 nitrogen and oxygen atoms in total. The van der Waals surface area contributed by atoms with Crippen molar-refractivity contribution in [1.82, 2.24) is 29.5 Å². The summed E-state index contributed by atoms with van der Waals surface area (Å²) in [5.41, 5.74) is 5.92. The van der Waals surface area contributed by atoms with Gasteiger partial charge in [0.15, 0.2) is 0 Å². The van der Waals surface area contributed by atoms with E-state index in [9.17, 15) is 13.9 Å². The minimum Gasteiger partial charge on any atom is -0.423 e. The predicted molar refractivity (Wildman–Crippen MR) is 193 cm³/mol. The average Bonchev–Trinajstić information content (AvgIpc) is 3.92. The van der Waals surface area contributed by atoms with Crippen LogP contribution in [0.5, 0.6) is 0 Å². The molecular formula is C34H36BBrF2N6O3S2. The van der Waals surface area contributed by atoms with Gasteiger partial charge in [-0.1, -0.05) is 6.07 Å². The fraction of sp³-hybridized carbons (Fsp3) is 0.294. The summed E-state index contributed by atoms with van der Waals surface area (Å²) in [5.74, 6) is -0.642. The molecule has 0 aliphatic carbocycles. The maximum atomic E-state index is 13.4. The molecule has 4 aromatic heterocycles. The van der Waals surface area contributed by atoms with Crippen LogP contribution in [0.3, 0.4) is 0 Å². The number of nitrogens with zero attached hydrogens (tertiary/aromatic N) is 6. The fourth-order valence-electron chi connectivity index (χ4n) is 5.19. The molecule has 7 rings (SSSR count). The van der Waals surface area contributed by atoms with Crippen LogP contribution in [-0.2, 0) is 43.8 Å². The number of aromatic nitrogens is 6. The Morgan fingerprint density at radius 1 is 0.878 bits per heavy atom. The summed E-state index contributed by atoms with van der Waals surface area (Å²) in [5, 5.41) is 29.2. The Hall–Kier alpha value is -3.60. The zero-order valence-electron chi connectivity index (χ0n) is 27.5. The van der Waals surface area contributed by atoms with Gasteiger partial charge in [0.2, 0.25) is 0 Å². The molecule has 256 valence electrons. The molecule has 0 unspecified atom stereocenters. The van der Waals surface area contributed by atoms with Gasteiger partial charge in [-0.15, -0.1) is 22.7 Å². The van der Waals surface area contributed by atoms with E-state index >= 15 is 0 Å². The Morgan fingerprint density at radius 3 is 2.06 bits per heavy atom. The molecule has 0 amide bonds. The van der Waals surface area contributed by atoms with E-state index < -0.39 is 7.12 Å². The summed E-state index contributed by atoms with van der Waals surface area (Å²) < 4.78 is 35.6. The zero-order chi connectivity index (χ0) is 35.1. The molecular weight excluding hydrogens is 733 g/mol. The molecule has 0 atom stereocenters. The Morgan fingerprint density at radius 2 is 1.47 bits per heavy atom. The third kappa shape index (κ3) is 9.56. The van der Waals surface area contributed by atoms with Crippen LogP contribution < -0.4 is 5.46 Å². The quantitative estimate of drug-likeness (QED) is 0.168. The topological polar surface area (TPSA) is 111 Å². The first-order valence-electron chi connectivity index (χ1n) is 15.6.